The van der Waals surface area contributed by atoms with Crippen molar-refractivity contribution in [3.05, 3.63) is 64.7 Å². The zero-order chi connectivity index (χ0) is 14.2. The SMILES string of the molecule is C#CC1(c2ccccc2)NC(=O)Nc2ccc(Cl)cc21. The number of hydrogen-bond donors (Lipinski definition) is 2. The lowest BCUT2D eigenvalue weighted by molar-refractivity contribution is 0.245. The van der Waals surface area contributed by atoms with E-state index in [1.54, 1.807) is 18.2 Å². The number of rotatable bonds is 1. The van der Waals surface area contributed by atoms with Crippen molar-refractivity contribution in [2.45, 2.75) is 5.54 Å². The van der Waals surface area contributed by atoms with Gasteiger partial charge in [0, 0.05) is 16.3 Å². The Hall–Kier alpha value is -2.44. The molecule has 0 saturated carbocycles. The molecular formula is C16H11ClN2O. The first-order valence-electron chi connectivity index (χ1n) is 6.08. The average molecular weight is 283 g/mol. The summed E-state index contributed by atoms with van der Waals surface area (Å²) in [7, 11) is 0. The second-order valence-electron chi connectivity index (χ2n) is 4.53. The van der Waals surface area contributed by atoms with Crippen molar-refractivity contribution in [3.63, 3.8) is 0 Å². The maximum absolute atomic E-state index is 11.9. The van der Waals surface area contributed by atoms with Crippen LogP contribution < -0.4 is 10.6 Å². The Balaban J connectivity index is 2.30. The van der Waals surface area contributed by atoms with E-state index < -0.39 is 5.54 Å². The first kappa shape index (κ1) is 12.6. The molecule has 98 valence electrons. The Bertz CT molecular complexity index is 721. The molecule has 1 aliphatic rings. The van der Waals surface area contributed by atoms with Gasteiger partial charge in [-0.1, -0.05) is 47.9 Å². The highest BCUT2D eigenvalue weighted by atomic mass is 35.5. The Kier molecular flexibility index (Phi) is 2.89. The molecule has 2 aromatic carbocycles. The standard InChI is InChI=1S/C16H11ClN2O/c1-2-16(11-6-4-3-5-7-11)13-10-12(17)8-9-14(13)18-15(20)19-16/h1,3-10H,(H2,18,19,20). The molecule has 0 aromatic heterocycles. The van der Waals surface area contributed by atoms with E-state index in [1.165, 1.54) is 0 Å². The van der Waals surface area contributed by atoms with Gasteiger partial charge in [-0.25, -0.2) is 4.79 Å². The van der Waals surface area contributed by atoms with Gasteiger partial charge in [-0.05, 0) is 23.8 Å². The van der Waals surface area contributed by atoms with Crippen molar-refractivity contribution in [1.82, 2.24) is 5.32 Å². The van der Waals surface area contributed by atoms with Crippen molar-refractivity contribution in [1.29, 1.82) is 0 Å². The Morgan fingerprint density at radius 3 is 2.60 bits per heavy atom. The van der Waals surface area contributed by atoms with Gasteiger partial charge in [-0.15, -0.1) is 6.42 Å². The summed E-state index contributed by atoms with van der Waals surface area (Å²) in [4.78, 5) is 11.9. The molecule has 2 amide bonds. The molecule has 1 aliphatic heterocycles. The largest absolute Gasteiger partial charge is 0.320 e. The molecule has 0 bridgehead atoms. The smallest absolute Gasteiger partial charge is 0.313 e. The number of carbonyl (C=O) groups is 1. The predicted molar refractivity (Wildman–Crippen MR) is 79.7 cm³/mol. The number of anilines is 1. The fourth-order valence-corrected chi connectivity index (χ4v) is 2.61. The first-order valence-corrected chi connectivity index (χ1v) is 6.46. The van der Waals surface area contributed by atoms with Gasteiger partial charge < -0.3 is 10.6 Å². The van der Waals surface area contributed by atoms with Gasteiger partial charge in [0.25, 0.3) is 0 Å². The molecular weight excluding hydrogens is 272 g/mol. The van der Waals surface area contributed by atoms with Crippen LogP contribution in [0.3, 0.4) is 0 Å². The number of benzene rings is 2. The minimum absolute atomic E-state index is 0.332. The van der Waals surface area contributed by atoms with Crippen LogP contribution in [0.1, 0.15) is 11.1 Å². The van der Waals surface area contributed by atoms with Crippen molar-refractivity contribution in [2.24, 2.45) is 0 Å². The molecule has 3 nitrogen and oxygen atoms in total. The van der Waals surface area contributed by atoms with E-state index in [1.807, 2.05) is 30.3 Å². The number of halogens is 1. The van der Waals surface area contributed by atoms with Crippen molar-refractivity contribution in [3.8, 4) is 12.3 Å². The molecule has 1 heterocycles. The minimum atomic E-state index is -1.01. The maximum Gasteiger partial charge on any atom is 0.320 e. The van der Waals surface area contributed by atoms with E-state index in [9.17, 15) is 4.79 Å². The summed E-state index contributed by atoms with van der Waals surface area (Å²) < 4.78 is 0. The van der Waals surface area contributed by atoms with Crippen LogP contribution in [0.15, 0.2) is 48.5 Å². The quantitative estimate of drug-likeness (QED) is 0.774. The lowest BCUT2D eigenvalue weighted by Crippen LogP contribution is -2.51. The van der Waals surface area contributed by atoms with Crippen LogP contribution in [0.5, 0.6) is 0 Å². The highest BCUT2D eigenvalue weighted by molar-refractivity contribution is 6.30. The number of fused-ring (bicyclic) bond motifs is 1. The van der Waals surface area contributed by atoms with Gasteiger partial charge in [-0.2, -0.15) is 0 Å². The van der Waals surface area contributed by atoms with E-state index in [2.05, 4.69) is 16.6 Å². The zero-order valence-corrected chi connectivity index (χ0v) is 11.2. The number of hydrogen-bond acceptors (Lipinski definition) is 1. The molecule has 0 saturated heterocycles. The number of urea groups is 1. The molecule has 3 rings (SSSR count). The Morgan fingerprint density at radius 2 is 1.90 bits per heavy atom. The third-order valence-electron chi connectivity index (χ3n) is 3.36. The molecule has 0 fully saturated rings. The molecule has 0 aliphatic carbocycles. The third-order valence-corrected chi connectivity index (χ3v) is 3.59. The molecule has 1 atom stereocenters. The van der Waals surface area contributed by atoms with Crippen LogP contribution in [0.2, 0.25) is 5.02 Å². The second-order valence-corrected chi connectivity index (χ2v) is 4.97. The van der Waals surface area contributed by atoms with E-state index in [0.717, 1.165) is 11.1 Å². The predicted octanol–water partition coefficient (Wildman–Crippen LogP) is 3.35. The fraction of sp³-hybridized carbons (Fsp3) is 0.0625. The number of nitrogens with one attached hydrogen (secondary N) is 2. The summed E-state index contributed by atoms with van der Waals surface area (Å²) in [5.74, 6) is 2.72. The van der Waals surface area contributed by atoms with Crippen LogP contribution in [0, 0.1) is 12.3 Å². The summed E-state index contributed by atoms with van der Waals surface area (Å²) in [6.07, 6.45) is 5.76. The van der Waals surface area contributed by atoms with Crippen LogP contribution in [0.25, 0.3) is 0 Å². The summed E-state index contributed by atoms with van der Waals surface area (Å²) >= 11 is 6.08. The Morgan fingerprint density at radius 1 is 1.15 bits per heavy atom. The average Bonchev–Trinajstić information content (AvgIpc) is 2.48. The number of terminal acetylenes is 1. The molecule has 0 radical (unpaired) electrons. The van der Waals surface area contributed by atoms with Crippen LogP contribution in [-0.4, -0.2) is 6.03 Å². The van der Waals surface area contributed by atoms with E-state index in [0.29, 0.717) is 10.7 Å². The van der Waals surface area contributed by atoms with Gasteiger partial charge >= 0.3 is 6.03 Å². The van der Waals surface area contributed by atoms with Gasteiger partial charge in [-0.3, -0.25) is 0 Å². The molecule has 0 spiro atoms. The summed E-state index contributed by atoms with van der Waals surface area (Å²) in [5, 5.41) is 6.14. The second kappa shape index (κ2) is 4.59. The molecule has 1 unspecified atom stereocenters. The van der Waals surface area contributed by atoms with E-state index in [4.69, 9.17) is 18.0 Å². The normalized spacial score (nSPS) is 20.3. The molecule has 2 N–H and O–H groups in total. The minimum Gasteiger partial charge on any atom is -0.313 e. The summed E-state index contributed by atoms with van der Waals surface area (Å²) in [5.41, 5.74) is 1.24. The summed E-state index contributed by atoms with van der Waals surface area (Å²) in [6, 6.07) is 14.4. The highest BCUT2D eigenvalue weighted by Crippen LogP contribution is 2.38. The van der Waals surface area contributed by atoms with Crippen molar-refractivity contribution in [2.75, 3.05) is 5.32 Å². The van der Waals surface area contributed by atoms with Crippen LogP contribution in [-0.2, 0) is 5.54 Å². The van der Waals surface area contributed by atoms with Crippen molar-refractivity contribution >= 4 is 23.3 Å². The fourth-order valence-electron chi connectivity index (χ4n) is 2.44. The lowest BCUT2D eigenvalue weighted by Gasteiger charge is -2.36. The molecule has 4 heteroatoms. The van der Waals surface area contributed by atoms with Gasteiger partial charge in [0.1, 0.15) is 0 Å². The maximum atomic E-state index is 11.9. The molecule has 20 heavy (non-hydrogen) atoms. The van der Waals surface area contributed by atoms with Gasteiger partial charge in [0.15, 0.2) is 5.54 Å². The zero-order valence-electron chi connectivity index (χ0n) is 10.5. The van der Waals surface area contributed by atoms with Crippen LogP contribution in [0.4, 0.5) is 10.5 Å². The third kappa shape index (κ3) is 1.82. The lowest BCUT2D eigenvalue weighted by atomic mass is 9.81. The van der Waals surface area contributed by atoms with E-state index >= 15 is 0 Å². The van der Waals surface area contributed by atoms with Crippen molar-refractivity contribution < 1.29 is 4.79 Å². The monoisotopic (exact) mass is 282 g/mol. The Labute approximate surface area is 122 Å². The summed E-state index contributed by atoms with van der Waals surface area (Å²) in [6.45, 7) is 0. The van der Waals surface area contributed by atoms with Crippen LogP contribution >= 0.6 is 11.6 Å². The first-order chi connectivity index (χ1) is 9.65. The van der Waals surface area contributed by atoms with E-state index in [-0.39, 0.29) is 6.03 Å². The van der Waals surface area contributed by atoms with Gasteiger partial charge in [0.2, 0.25) is 0 Å². The number of carbonyl (C=O) groups excluding carboxylic acids is 1. The molecule has 2 aromatic rings. The van der Waals surface area contributed by atoms with Gasteiger partial charge in [0.05, 0.1) is 0 Å². The number of amides is 2. The topological polar surface area (TPSA) is 41.1 Å². The highest BCUT2D eigenvalue weighted by Gasteiger charge is 2.39.